The average Bonchev–Trinajstić information content (AvgIpc) is 3.05. The van der Waals surface area contributed by atoms with Gasteiger partial charge in [-0.05, 0) is 61.7 Å². The Kier molecular flexibility index (Phi) is 11.3. The fourth-order valence-electron chi connectivity index (χ4n) is 4.57. The summed E-state index contributed by atoms with van der Waals surface area (Å²) in [4.78, 5) is 28.9. The second-order valence-corrected chi connectivity index (χ2v) is 9.70. The average molecular weight is 589 g/mol. The molecule has 1 fully saturated rings. The number of fused-ring (bicyclic) bond motifs is 1. The molecule has 4 aromatic rings. The molecule has 1 aromatic heterocycles. The lowest BCUT2D eigenvalue weighted by molar-refractivity contribution is -0.136. The van der Waals surface area contributed by atoms with Gasteiger partial charge < -0.3 is 30.2 Å². The number of rotatable bonds is 9. The number of aromatic nitrogens is 1. The van der Waals surface area contributed by atoms with Gasteiger partial charge in [0.15, 0.2) is 23.1 Å². The summed E-state index contributed by atoms with van der Waals surface area (Å²) in [5.41, 5.74) is 1.57. The van der Waals surface area contributed by atoms with Crippen LogP contribution >= 0.6 is 0 Å². The van der Waals surface area contributed by atoms with E-state index in [-0.39, 0.29) is 18.0 Å². The van der Waals surface area contributed by atoms with Gasteiger partial charge in [-0.15, -0.1) is 0 Å². The molecule has 0 spiro atoms. The van der Waals surface area contributed by atoms with E-state index < -0.39 is 17.6 Å². The van der Waals surface area contributed by atoms with E-state index in [1.54, 1.807) is 31.5 Å². The molecular formula is C33H37FN4O5. The van der Waals surface area contributed by atoms with Crippen LogP contribution in [0.2, 0.25) is 0 Å². The maximum atomic E-state index is 15.0. The van der Waals surface area contributed by atoms with Gasteiger partial charge >= 0.3 is 11.8 Å². The van der Waals surface area contributed by atoms with Gasteiger partial charge in [-0.3, -0.25) is 14.6 Å². The molecule has 1 aliphatic rings. The van der Waals surface area contributed by atoms with Crippen molar-refractivity contribution in [3.63, 3.8) is 0 Å². The molecule has 5 rings (SSSR count). The van der Waals surface area contributed by atoms with Crippen LogP contribution in [0.4, 0.5) is 10.1 Å². The summed E-state index contributed by atoms with van der Waals surface area (Å²) in [6.07, 6.45) is 3.69. The molecule has 2 amide bonds. The molecule has 43 heavy (non-hydrogen) atoms. The summed E-state index contributed by atoms with van der Waals surface area (Å²) in [6, 6.07) is 18.3. The molecule has 3 aromatic carbocycles. The Labute approximate surface area is 250 Å². The number of anilines is 1. The molecule has 0 atom stereocenters. The number of methoxy groups -OCH3 is 1. The number of pyridine rings is 1. The van der Waals surface area contributed by atoms with Crippen molar-refractivity contribution in [1.29, 1.82) is 0 Å². The highest BCUT2D eigenvalue weighted by atomic mass is 19.1. The molecule has 0 radical (unpaired) electrons. The van der Waals surface area contributed by atoms with Crippen molar-refractivity contribution in [2.75, 3.05) is 32.1 Å². The number of nitrogens with one attached hydrogen (secondary N) is 3. The molecule has 0 aliphatic carbocycles. The monoisotopic (exact) mass is 588 g/mol. The van der Waals surface area contributed by atoms with Gasteiger partial charge in [-0.2, -0.15) is 0 Å². The molecule has 2 heterocycles. The summed E-state index contributed by atoms with van der Waals surface area (Å²) in [5, 5.41) is 8.91. The third-order valence-corrected chi connectivity index (χ3v) is 6.83. The smallest absolute Gasteiger partial charge is 0.313 e. The first-order chi connectivity index (χ1) is 21.0. The molecule has 0 unspecified atom stereocenters. The number of ether oxygens (including phenoxy) is 3. The Morgan fingerprint density at radius 2 is 1.70 bits per heavy atom. The lowest BCUT2D eigenvalue weighted by atomic mass is 9.99. The number of hydrogen-bond donors (Lipinski definition) is 3. The first-order valence-electron chi connectivity index (χ1n) is 14.4. The number of piperidine rings is 1. The van der Waals surface area contributed by atoms with Crippen molar-refractivity contribution >= 4 is 28.4 Å². The summed E-state index contributed by atoms with van der Waals surface area (Å²) in [5.74, 6) is -0.561. The van der Waals surface area contributed by atoms with E-state index in [9.17, 15) is 9.59 Å². The Hall–Kier alpha value is -4.70. The number of carbonyl (C=O) groups excluding carboxylic acids is 2. The van der Waals surface area contributed by atoms with Crippen molar-refractivity contribution in [1.82, 2.24) is 15.6 Å². The molecule has 0 saturated carbocycles. The molecule has 226 valence electrons. The lowest BCUT2D eigenvalue weighted by Gasteiger charge is -2.23. The van der Waals surface area contributed by atoms with Crippen molar-refractivity contribution in [3.8, 4) is 23.0 Å². The summed E-state index contributed by atoms with van der Waals surface area (Å²) >= 11 is 0. The Morgan fingerprint density at radius 3 is 2.42 bits per heavy atom. The summed E-state index contributed by atoms with van der Waals surface area (Å²) in [6.45, 7) is 6.76. The van der Waals surface area contributed by atoms with E-state index in [0.717, 1.165) is 37.6 Å². The van der Waals surface area contributed by atoms with E-state index in [4.69, 9.17) is 14.2 Å². The van der Waals surface area contributed by atoms with Gasteiger partial charge in [-0.1, -0.05) is 44.2 Å². The van der Waals surface area contributed by atoms with E-state index in [1.807, 2.05) is 44.2 Å². The quantitative estimate of drug-likeness (QED) is 0.211. The molecule has 0 bridgehead atoms. The summed E-state index contributed by atoms with van der Waals surface area (Å²) < 4.78 is 32.6. The number of amides is 2. The minimum absolute atomic E-state index is 0.0609. The molecule has 1 aliphatic heterocycles. The predicted octanol–water partition coefficient (Wildman–Crippen LogP) is 5.83. The van der Waals surface area contributed by atoms with Crippen LogP contribution in [0.3, 0.4) is 0 Å². The van der Waals surface area contributed by atoms with Crippen LogP contribution in [0, 0.1) is 11.7 Å². The highest BCUT2D eigenvalue weighted by Gasteiger charge is 2.18. The predicted molar refractivity (Wildman–Crippen MR) is 164 cm³/mol. The Morgan fingerprint density at radius 1 is 0.930 bits per heavy atom. The third-order valence-electron chi connectivity index (χ3n) is 6.83. The largest absolute Gasteiger partial charge is 0.493 e. The minimum atomic E-state index is -0.903. The van der Waals surface area contributed by atoms with Crippen LogP contribution < -0.4 is 30.2 Å². The van der Waals surface area contributed by atoms with Crippen LogP contribution in [0.25, 0.3) is 10.9 Å². The maximum absolute atomic E-state index is 15.0. The van der Waals surface area contributed by atoms with Gasteiger partial charge in [0.25, 0.3) is 0 Å². The van der Waals surface area contributed by atoms with Crippen molar-refractivity contribution < 1.29 is 28.2 Å². The van der Waals surface area contributed by atoms with Gasteiger partial charge in [0.05, 0.1) is 19.2 Å². The first-order valence-corrected chi connectivity index (χ1v) is 14.4. The minimum Gasteiger partial charge on any atom is -0.493 e. The van der Waals surface area contributed by atoms with E-state index in [0.29, 0.717) is 40.7 Å². The Bertz CT molecular complexity index is 1530. The normalized spacial score (nSPS) is 12.9. The zero-order chi connectivity index (χ0) is 30.6. The Balaban J connectivity index is 0.00000207. The second kappa shape index (κ2) is 15.5. The van der Waals surface area contributed by atoms with E-state index in [1.165, 1.54) is 12.1 Å². The zero-order valence-electron chi connectivity index (χ0n) is 24.6. The van der Waals surface area contributed by atoms with Gasteiger partial charge in [-0.25, -0.2) is 4.39 Å². The van der Waals surface area contributed by atoms with Crippen LogP contribution in [0.15, 0.2) is 72.9 Å². The molecule has 9 nitrogen and oxygen atoms in total. The standard InChI is InChI=1S/C31H31FN4O5.C2H6/c1-39-28-16-23-25(17-29(28)40-19-21-9-12-33-13-10-21)34-14-11-26(23)41-27-8-7-22(15-24(27)32)36-31(38)30(37)35-18-20-5-3-2-4-6-20;1-2/h2-8,11,14-17,21,33H,9-10,12-13,18-19H2,1H3,(H,35,37)(H,36,38);1-2H3. The zero-order valence-corrected chi connectivity index (χ0v) is 24.6. The maximum Gasteiger partial charge on any atom is 0.313 e. The van der Waals surface area contributed by atoms with Crippen LogP contribution in [0.1, 0.15) is 32.3 Å². The lowest BCUT2D eigenvalue weighted by Crippen LogP contribution is -2.34. The first kappa shape index (κ1) is 31.2. The number of hydrogen-bond acceptors (Lipinski definition) is 7. The van der Waals surface area contributed by atoms with Crippen LogP contribution in [-0.4, -0.2) is 43.6 Å². The van der Waals surface area contributed by atoms with Gasteiger partial charge in [0.1, 0.15) is 5.75 Å². The SMILES string of the molecule is CC.COc1cc2c(Oc3ccc(NC(=O)C(=O)NCc4ccccc4)cc3F)ccnc2cc1OCC1CCNCC1. The molecule has 3 N–H and O–H groups in total. The molecule has 1 saturated heterocycles. The van der Waals surface area contributed by atoms with E-state index >= 15 is 4.39 Å². The second-order valence-electron chi connectivity index (χ2n) is 9.70. The van der Waals surface area contributed by atoms with Gasteiger partial charge in [0, 0.05) is 35.9 Å². The number of carbonyl (C=O) groups is 2. The molecule has 10 heteroatoms. The number of benzene rings is 3. The molecular weight excluding hydrogens is 551 g/mol. The third kappa shape index (κ3) is 8.42. The van der Waals surface area contributed by atoms with Crippen LogP contribution in [0.5, 0.6) is 23.0 Å². The number of halogens is 1. The van der Waals surface area contributed by atoms with Crippen molar-refractivity contribution in [3.05, 3.63) is 84.3 Å². The topological polar surface area (TPSA) is 111 Å². The summed E-state index contributed by atoms with van der Waals surface area (Å²) in [7, 11) is 1.56. The highest BCUT2D eigenvalue weighted by molar-refractivity contribution is 6.39. The van der Waals surface area contributed by atoms with Crippen LogP contribution in [-0.2, 0) is 16.1 Å². The fraction of sp³-hybridized carbons (Fsp3) is 0.303. The fourth-order valence-corrected chi connectivity index (χ4v) is 4.57. The van der Waals surface area contributed by atoms with Crippen molar-refractivity contribution in [2.24, 2.45) is 5.92 Å². The highest BCUT2D eigenvalue weighted by Crippen LogP contribution is 2.38. The number of nitrogens with zero attached hydrogens (tertiary/aromatic N) is 1. The van der Waals surface area contributed by atoms with Crippen molar-refractivity contribution in [2.45, 2.75) is 33.2 Å². The van der Waals surface area contributed by atoms with Gasteiger partial charge in [0.2, 0.25) is 0 Å². The van der Waals surface area contributed by atoms with E-state index in [2.05, 4.69) is 20.9 Å².